The number of nitrogens with zero attached hydrogens (tertiary/aromatic N) is 5. The molecule has 0 spiro atoms. The van der Waals surface area contributed by atoms with Gasteiger partial charge in [0.15, 0.2) is 0 Å². The molecule has 3 heterocycles. The normalized spacial score (nSPS) is 14.6. The molecule has 33 heavy (non-hydrogen) atoms. The number of ether oxygens (including phenoxy) is 1. The molecule has 0 aliphatic carbocycles. The lowest BCUT2D eigenvalue weighted by Crippen LogP contribution is -2.27. The first kappa shape index (κ1) is 21.2. The van der Waals surface area contributed by atoms with Gasteiger partial charge in [0.25, 0.3) is 5.89 Å². The zero-order chi connectivity index (χ0) is 22.6. The number of rotatable bonds is 7. The Morgan fingerprint density at radius 3 is 2.58 bits per heavy atom. The standard InChI is InChI=1S/C23H22F2N6O2/c24-21(25)23-29-28-22(33-23)16-6-4-15(5-7-16)13-31-14-20(27-30-31)17-2-1-3-19(12-17)26-18-8-10-32-11-9-18/h1-7,12,14,18,21,26H,8-11,13H2. The molecule has 1 saturated heterocycles. The molecule has 0 atom stereocenters. The van der Waals surface area contributed by atoms with Gasteiger partial charge in [-0.3, -0.25) is 0 Å². The van der Waals surface area contributed by atoms with Crippen molar-refractivity contribution in [3.05, 3.63) is 66.2 Å². The number of halogens is 2. The molecule has 170 valence electrons. The van der Waals surface area contributed by atoms with Gasteiger partial charge in [-0.25, -0.2) is 4.68 Å². The van der Waals surface area contributed by atoms with Crippen LogP contribution in [0.5, 0.6) is 0 Å². The molecule has 4 aromatic rings. The molecule has 0 amide bonds. The van der Waals surface area contributed by atoms with Crippen LogP contribution in [0.1, 0.15) is 30.7 Å². The number of aromatic nitrogens is 5. The summed E-state index contributed by atoms with van der Waals surface area (Å²) in [5.41, 5.74) is 4.37. The third-order valence-corrected chi connectivity index (χ3v) is 5.46. The van der Waals surface area contributed by atoms with E-state index in [0.29, 0.717) is 18.2 Å². The Labute approximate surface area is 188 Å². The van der Waals surface area contributed by atoms with Crippen molar-refractivity contribution in [3.63, 3.8) is 0 Å². The minimum Gasteiger partial charge on any atom is -0.415 e. The smallest absolute Gasteiger partial charge is 0.314 e. The summed E-state index contributed by atoms with van der Waals surface area (Å²) in [7, 11) is 0. The molecule has 10 heteroatoms. The Morgan fingerprint density at radius 1 is 1.00 bits per heavy atom. The topological polar surface area (TPSA) is 90.9 Å². The van der Waals surface area contributed by atoms with Gasteiger partial charge in [-0.05, 0) is 42.7 Å². The van der Waals surface area contributed by atoms with Crippen molar-refractivity contribution in [1.82, 2.24) is 25.2 Å². The van der Waals surface area contributed by atoms with Gasteiger partial charge in [0.05, 0.1) is 12.7 Å². The third-order valence-electron chi connectivity index (χ3n) is 5.46. The van der Waals surface area contributed by atoms with Crippen LogP contribution >= 0.6 is 0 Å². The van der Waals surface area contributed by atoms with E-state index in [-0.39, 0.29) is 5.89 Å². The summed E-state index contributed by atoms with van der Waals surface area (Å²) >= 11 is 0. The third kappa shape index (κ3) is 5.06. The molecule has 0 radical (unpaired) electrons. The minimum absolute atomic E-state index is 0.0640. The van der Waals surface area contributed by atoms with Gasteiger partial charge in [0.1, 0.15) is 5.69 Å². The molecule has 8 nitrogen and oxygen atoms in total. The Hall–Kier alpha value is -3.66. The second-order valence-electron chi connectivity index (χ2n) is 7.86. The first-order chi connectivity index (χ1) is 16.1. The van der Waals surface area contributed by atoms with E-state index < -0.39 is 12.3 Å². The summed E-state index contributed by atoms with van der Waals surface area (Å²) in [4.78, 5) is 0. The number of alkyl halides is 2. The summed E-state index contributed by atoms with van der Waals surface area (Å²) < 4.78 is 37.4. The van der Waals surface area contributed by atoms with Crippen LogP contribution in [0.4, 0.5) is 14.5 Å². The number of nitrogens with one attached hydrogen (secondary N) is 1. The molecule has 2 aromatic carbocycles. The molecular formula is C23H22F2N6O2. The van der Waals surface area contributed by atoms with Crippen LogP contribution in [0, 0.1) is 0 Å². The largest absolute Gasteiger partial charge is 0.415 e. The molecular weight excluding hydrogens is 430 g/mol. The van der Waals surface area contributed by atoms with E-state index in [1.165, 1.54) is 0 Å². The van der Waals surface area contributed by atoms with Gasteiger partial charge in [-0.2, -0.15) is 8.78 Å². The highest BCUT2D eigenvalue weighted by atomic mass is 19.3. The lowest BCUT2D eigenvalue weighted by molar-refractivity contribution is 0.0904. The maximum Gasteiger partial charge on any atom is 0.314 e. The predicted molar refractivity (Wildman–Crippen MR) is 117 cm³/mol. The highest BCUT2D eigenvalue weighted by molar-refractivity contribution is 5.64. The van der Waals surface area contributed by atoms with Gasteiger partial charge in [-0.1, -0.05) is 29.5 Å². The predicted octanol–water partition coefficient (Wildman–Crippen LogP) is 4.57. The van der Waals surface area contributed by atoms with E-state index in [2.05, 4.69) is 38.0 Å². The number of benzene rings is 2. The van der Waals surface area contributed by atoms with Crippen molar-refractivity contribution in [2.24, 2.45) is 0 Å². The fourth-order valence-electron chi connectivity index (χ4n) is 3.73. The summed E-state index contributed by atoms with van der Waals surface area (Å²) in [6.45, 7) is 2.09. The van der Waals surface area contributed by atoms with Crippen molar-refractivity contribution in [2.45, 2.75) is 31.9 Å². The van der Waals surface area contributed by atoms with Gasteiger partial charge < -0.3 is 14.5 Å². The summed E-state index contributed by atoms with van der Waals surface area (Å²) in [5, 5.41) is 19.1. The Balaban J connectivity index is 1.25. The van der Waals surface area contributed by atoms with E-state index in [1.807, 2.05) is 30.5 Å². The van der Waals surface area contributed by atoms with Crippen molar-refractivity contribution in [1.29, 1.82) is 0 Å². The van der Waals surface area contributed by atoms with E-state index in [1.54, 1.807) is 16.8 Å². The average molecular weight is 452 g/mol. The van der Waals surface area contributed by atoms with Gasteiger partial charge in [-0.15, -0.1) is 15.3 Å². The van der Waals surface area contributed by atoms with E-state index in [0.717, 1.165) is 48.6 Å². The molecule has 0 saturated carbocycles. The van der Waals surface area contributed by atoms with Crippen LogP contribution < -0.4 is 5.32 Å². The lowest BCUT2D eigenvalue weighted by atomic mass is 10.1. The number of hydrogen-bond donors (Lipinski definition) is 1. The van der Waals surface area contributed by atoms with E-state index >= 15 is 0 Å². The van der Waals surface area contributed by atoms with Crippen LogP contribution in [0.25, 0.3) is 22.7 Å². The fraction of sp³-hybridized carbons (Fsp3) is 0.304. The molecule has 1 N–H and O–H groups in total. The quantitative estimate of drug-likeness (QED) is 0.439. The van der Waals surface area contributed by atoms with Crippen LogP contribution in [0.15, 0.2) is 59.1 Å². The van der Waals surface area contributed by atoms with Crippen LogP contribution in [0.2, 0.25) is 0 Å². The fourth-order valence-corrected chi connectivity index (χ4v) is 3.73. The minimum atomic E-state index is -2.79. The maximum absolute atomic E-state index is 12.6. The van der Waals surface area contributed by atoms with Gasteiger partial charge in [0.2, 0.25) is 5.89 Å². The summed E-state index contributed by atoms with van der Waals surface area (Å²) in [6, 6.07) is 15.8. The molecule has 5 rings (SSSR count). The van der Waals surface area contributed by atoms with E-state index in [4.69, 9.17) is 9.15 Å². The van der Waals surface area contributed by atoms with E-state index in [9.17, 15) is 8.78 Å². The highest BCUT2D eigenvalue weighted by Crippen LogP contribution is 2.25. The number of anilines is 1. The highest BCUT2D eigenvalue weighted by Gasteiger charge is 2.17. The SMILES string of the molecule is FC(F)c1nnc(-c2ccc(Cn3cc(-c4cccc(NC5CCOCC5)c4)nn3)cc2)o1. The monoisotopic (exact) mass is 452 g/mol. The number of hydrogen-bond acceptors (Lipinski definition) is 7. The first-order valence-corrected chi connectivity index (χ1v) is 10.7. The average Bonchev–Trinajstić information content (AvgIpc) is 3.51. The van der Waals surface area contributed by atoms with Crippen LogP contribution in [-0.4, -0.2) is 44.4 Å². The maximum atomic E-state index is 12.6. The van der Waals surface area contributed by atoms with Crippen LogP contribution in [0.3, 0.4) is 0 Å². The first-order valence-electron chi connectivity index (χ1n) is 10.7. The summed E-state index contributed by atoms with van der Waals surface area (Å²) in [6.07, 6.45) is 1.11. The Kier molecular flexibility index (Phi) is 6.07. The van der Waals surface area contributed by atoms with Gasteiger partial charge >= 0.3 is 6.43 Å². The molecule has 0 bridgehead atoms. The zero-order valence-corrected chi connectivity index (χ0v) is 17.7. The van der Waals surface area contributed by atoms with Crippen molar-refractivity contribution < 1.29 is 17.9 Å². The second kappa shape index (κ2) is 9.45. The van der Waals surface area contributed by atoms with Gasteiger partial charge in [0, 0.05) is 36.1 Å². The molecule has 2 aromatic heterocycles. The Bertz CT molecular complexity index is 1200. The zero-order valence-electron chi connectivity index (χ0n) is 17.7. The lowest BCUT2D eigenvalue weighted by Gasteiger charge is -2.24. The van der Waals surface area contributed by atoms with Crippen molar-refractivity contribution >= 4 is 5.69 Å². The molecule has 1 aliphatic rings. The molecule has 0 unspecified atom stereocenters. The summed E-state index contributed by atoms with van der Waals surface area (Å²) in [5.74, 6) is -0.620. The molecule has 1 fully saturated rings. The van der Waals surface area contributed by atoms with Crippen LogP contribution in [-0.2, 0) is 11.3 Å². The molecule has 1 aliphatic heterocycles. The van der Waals surface area contributed by atoms with Crippen molar-refractivity contribution in [2.75, 3.05) is 18.5 Å². The second-order valence-corrected chi connectivity index (χ2v) is 7.86. The Morgan fingerprint density at radius 2 is 1.82 bits per heavy atom. The van der Waals surface area contributed by atoms with Crippen molar-refractivity contribution in [3.8, 4) is 22.7 Å².